The number of esters is 3. The number of unbranched alkanes of at least 4 members (excludes halogenated alkanes) is 28. The molecule has 6 heteroatoms. The van der Waals surface area contributed by atoms with Gasteiger partial charge in [-0.3, -0.25) is 14.4 Å². The Morgan fingerprint density at radius 2 is 0.609 bits per heavy atom. The van der Waals surface area contributed by atoms with Gasteiger partial charge in [-0.25, -0.2) is 0 Å². The molecule has 370 valence electrons. The molecule has 0 fully saturated rings. The Morgan fingerprint density at radius 3 is 1.00 bits per heavy atom. The van der Waals surface area contributed by atoms with Gasteiger partial charge in [0.25, 0.3) is 0 Å². The fraction of sp³-hybridized carbons (Fsp3) is 0.776. The molecule has 64 heavy (non-hydrogen) atoms. The average Bonchev–Trinajstić information content (AvgIpc) is 3.29. The first-order chi connectivity index (χ1) is 31.5. The molecular formula is C58H102O6. The van der Waals surface area contributed by atoms with Crippen molar-refractivity contribution in [2.45, 2.75) is 277 Å². The molecule has 0 amide bonds. The summed E-state index contributed by atoms with van der Waals surface area (Å²) >= 11 is 0. The highest BCUT2D eigenvalue weighted by Crippen LogP contribution is 2.14. The second-order valence-corrected chi connectivity index (χ2v) is 18.1. The van der Waals surface area contributed by atoms with Crippen LogP contribution in [0.4, 0.5) is 0 Å². The van der Waals surface area contributed by atoms with E-state index in [1.807, 2.05) is 0 Å². The summed E-state index contributed by atoms with van der Waals surface area (Å²) in [6, 6.07) is 0. The van der Waals surface area contributed by atoms with Crippen molar-refractivity contribution in [2.75, 3.05) is 13.2 Å². The van der Waals surface area contributed by atoms with E-state index < -0.39 is 6.10 Å². The van der Waals surface area contributed by atoms with E-state index in [-0.39, 0.29) is 31.1 Å². The van der Waals surface area contributed by atoms with Crippen LogP contribution in [0.5, 0.6) is 0 Å². The van der Waals surface area contributed by atoms with Gasteiger partial charge < -0.3 is 14.2 Å². The van der Waals surface area contributed by atoms with Gasteiger partial charge in [0.2, 0.25) is 0 Å². The van der Waals surface area contributed by atoms with Crippen molar-refractivity contribution >= 4 is 17.9 Å². The smallest absolute Gasteiger partial charge is 0.306 e. The average molecular weight is 895 g/mol. The second kappa shape index (κ2) is 52.7. The van der Waals surface area contributed by atoms with Gasteiger partial charge in [0, 0.05) is 19.3 Å². The Hall–Kier alpha value is -2.89. The predicted molar refractivity (Wildman–Crippen MR) is 275 cm³/mol. The van der Waals surface area contributed by atoms with E-state index in [1.54, 1.807) is 0 Å². The van der Waals surface area contributed by atoms with Crippen LogP contribution >= 0.6 is 0 Å². The fourth-order valence-electron chi connectivity index (χ4n) is 7.62. The number of hydrogen-bond acceptors (Lipinski definition) is 6. The number of ether oxygens (including phenoxy) is 3. The molecule has 1 unspecified atom stereocenters. The summed E-state index contributed by atoms with van der Waals surface area (Å²) in [7, 11) is 0. The third-order valence-electron chi connectivity index (χ3n) is 11.7. The molecule has 0 bridgehead atoms. The summed E-state index contributed by atoms with van der Waals surface area (Å²) in [5, 5.41) is 0. The zero-order chi connectivity index (χ0) is 46.5. The van der Waals surface area contributed by atoms with Crippen molar-refractivity contribution in [1.29, 1.82) is 0 Å². The lowest BCUT2D eigenvalue weighted by molar-refractivity contribution is -0.167. The van der Waals surface area contributed by atoms with Gasteiger partial charge in [0.1, 0.15) is 13.2 Å². The molecule has 0 aromatic rings. The van der Waals surface area contributed by atoms with Crippen molar-refractivity contribution in [3.05, 3.63) is 60.8 Å². The van der Waals surface area contributed by atoms with E-state index in [2.05, 4.69) is 81.5 Å². The van der Waals surface area contributed by atoms with E-state index in [0.29, 0.717) is 19.3 Å². The molecule has 0 aliphatic carbocycles. The topological polar surface area (TPSA) is 78.9 Å². The molecule has 0 rings (SSSR count). The molecule has 0 N–H and O–H groups in total. The minimum absolute atomic E-state index is 0.0934. The minimum atomic E-state index is -0.796. The highest BCUT2D eigenvalue weighted by Gasteiger charge is 2.19. The monoisotopic (exact) mass is 895 g/mol. The minimum Gasteiger partial charge on any atom is -0.462 e. The summed E-state index contributed by atoms with van der Waals surface area (Å²) < 4.78 is 16.8. The lowest BCUT2D eigenvalue weighted by Gasteiger charge is -2.18. The van der Waals surface area contributed by atoms with Gasteiger partial charge in [-0.05, 0) is 103 Å². The third kappa shape index (κ3) is 50.1. The summed E-state index contributed by atoms with van der Waals surface area (Å²) in [6.45, 7) is 6.49. The first-order valence-electron chi connectivity index (χ1n) is 27.3. The quantitative estimate of drug-likeness (QED) is 0.0262. The highest BCUT2D eigenvalue weighted by atomic mass is 16.6. The molecule has 0 aromatic carbocycles. The van der Waals surface area contributed by atoms with Gasteiger partial charge in [-0.15, -0.1) is 0 Å². The molecule has 0 aliphatic rings. The van der Waals surface area contributed by atoms with E-state index in [9.17, 15) is 14.4 Å². The van der Waals surface area contributed by atoms with Crippen LogP contribution in [0.1, 0.15) is 271 Å². The number of carbonyl (C=O) groups excluding carboxylic acids is 3. The van der Waals surface area contributed by atoms with Gasteiger partial charge in [0.15, 0.2) is 6.10 Å². The maximum Gasteiger partial charge on any atom is 0.306 e. The number of rotatable bonds is 49. The van der Waals surface area contributed by atoms with Crippen molar-refractivity contribution < 1.29 is 28.6 Å². The van der Waals surface area contributed by atoms with Crippen LogP contribution in [0.2, 0.25) is 0 Å². The second-order valence-electron chi connectivity index (χ2n) is 18.1. The summed E-state index contributed by atoms with van der Waals surface area (Å²) in [6.07, 6.45) is 65.0. The third-order valence-corrected chi connectivity index (χ3v) is 11.7. The van der Waals surface area contributed by atoms with Crippen LogP contribution < -0.4 is 0 Å². The molecule has 0 heterocycles. The van der Waals surface area contributed by atoms with Gasteiger partial charge >= 0.3 is 17.9 Å². The van der Waals surface area contributed by atoms with Gasteiger partial charge in [-0.1, -0.05) is 210 Å². The van der Waals surface area contributed by atoms with Crippen LogP contribution in [0.25, 0.3) is 0 Å². The van der Waals surface area contributed by atoms with Crippen LogP contribution in [-0.2, 0) is 28.6 Å². The normalized spacial score (nSPS) is 12.5. The van der Waals surface area contributed by atoms with E-state index in [1.165, 1.54) is 135 Å². The van der Waals surface area contributed by atoms with Crippen LogP contribution in [-0.4, -0.2) is 37.2 Å². The number of hydrogen-bond donors (Lipinski definition) is 0. The van der Waals surface area contributed by atoms with Crippen molar-refractivity contribution in [3.63, 3.8) is 0 Å². The maximum atomic E-state index is 12.8. The zero-order valence-corrected chi connectivity index (χ0v) is 42.3. The van der Waals surface area contributed by atoms with Crippen molar-refractivity contribution in [2.24, 2.45) is 0 Å². The van der Waals surface area contributed by atoms with Crippen LogP contribution in [0, 0.1) is 0 Å². The first-order valence-corrected chi connectivity index (χ1v) is 27.3. The Labute approximate surface area is 396 Å². The van der Waals surface area contributed by atoms with Crippen LogP contribution in [0.3, 0.4) is 0 Å². The largest absolute Gasteiger partial charge is 0.462 e. The van der Waals surface area contributed by atoms with E-state index in [0.717, 1.165) is 96.3 Å². The Bertz CT molecular complexity index is 1170. The Kier molecular flexibility index (Phi) is 50.4. The molecule has 0 saturated carbocycles. The number of allylic oxidation sites excluding steroid dienone is 10. The number of carbonyl (C=O) groups is 3. The van der Waals surface area contributed by atoms with E-state index >= 15 is 0 Å². The molecular weight excluding hydrogens is 793 g/mol. The summed E-state index contributed by atoms with van der Waals surface area (Å²) in [5.74, 6) is -0.944. The van der Waals surface area contributed by atoms with Crippen molar-refractivity contribution in [3.8, 4) is 0 Å². The summed E-state index contributed by atoms with van der Waals surface area (Å²) in [4.78, 5) is 38.0. The lowest BCUT2D eigenvalue weighted by Crippen LogP contribution is -2.30. The molecule has 6 nitrogen and oxygen atoms in total. The highest BCUT2D eigenvalue weighted by molar-refractivity contribution is 5.71. The Balaban J connectivity index is 4.40. The standard InChI is InChI=1S/C58H102O6/c1-4-7-10-13-16-19-22-25-27-29-30-32-33-36-39-42-45-48-51-57(60)63-54-55(53-62-56(59)50-47-44-41-38-35-24-21-18-15-12-9-6-3)64-58(61)52-49-46-43-40-37-34-31-28-26-23-20-17-14-11-8-5-2/h9,12,18,21,28,30-32,35,38,55H,4-8,10-11,13-17,19-20,22-27,29,33-34,36-37,39-54H2,1-3H3/b12-9-,21-18-,31-28-,32-30-,38-35-. The predicted octanol–water partition coefficient (Wildman–Crippen LogP) is 18.0. The molecule has 0 spiro atoms. The summed E-state index contributed by atoms with van der Waals surface area (Å²) in [5.41, 5.74) is 0. The fourth-order valence-corrected chi connectivity index (χ4v) is 7.62. The zero-order valence-electron chi connectivity index (χ0n) is 42.3. The van der Waals surface area contributed by atoms with Crippen LogP contribution in [0.15, 0.2) is 60.8 Å². The molecule has 0 saturated heterocycles. The molecule has 0 radical (unpaired) electrons. The Morgan fingerprint density at radius 1 is 0.328 bits per heavy atom. The van der Waals surface area contributed by atoms with E-state index in [4.69, 9.17) is 14.2 Å². The van der Waals surface area contributed by atoms with Gasteiger partial charge in [0.05, 0.1) is 0 Å². The van der Waals surface area contributed by atoms with Gasteiger partial charge in [-0.2, -0.15) is 0 Å². The SMILES string of the molecule is CC/C=C\C/C=C\C/C=C\CCCCC(=O)OCC(COC(=O)CCCCCCC/C=C\CCCCCCCCCCC)OC(=O)CCCCCCC/C=C\CCCCCCCCC. The maximum absolute atomic E-state index is 12.8. The molecule has 1 atom stereocenters. The first kappa shape index (κ1) is 61.1. The lowest BCUT2D eigenvalue weighted by atomic mass is 10.1. The molecule has 0 aromatic heterocycles. The van der Waals surface area contributed by atoms with Crippen molar-refractivity contribution in [1.82, 2.24) is 0 Å². The molecule has 0 aliphatic heterocycles.